The quantitative estimate of drug-likeness (QED) is 0.912. The average molecular weight is 283 g/mol. The molecule has 7 heteroatoms. The summed E-state index contributed by atoms with van der Waals surface area (Å²) in [7, 11) is 0. The number of hydrogen-bond acceptors (Lipinski definition) is 5. The van der Waals surface area contributed by atoms with Gasteiger partial charge in [0.2, 0.25) is 0 Å². The molecule has 108 valence electrons. The summed E-state index contributed by atoms with van der Waals surface area (Å²) in [6.45, 7) is 3.92. The summed E-state index contributed by atoms with van der Waals surface area (Å²) in [6.07, 6.45) is 0.0106. The van der Waals surface area contributed by atoms with Gasteiger partial charge in [-0.3, -0.25) is 0 Å². The van der Waals surface area contributed by atoms with Crippen LogP contribution in [0.5, 0.6) is 0 Å². The Bertz CT molecular complexity index is 566. The first-order chi connectivity index (χ1) is 9.49. The molecule has 0 aliphatic heterocycles. The lowest BCUT2D eigenvalue weighted by Crippen LogP contribution is -2.20. The summed E-state index contributed by atoms with van der Waals surface area (Å²) in [5.41, 5.74) is 5.46. The molecule has 20 heavy (non-hydrogen) atoms. The van der Waals surface area contributed by atoms with Crippen LogP contribution in [0.3, 0.4) is 0 Å². The fourth-order valence-corrected chi connectivity index (χ4v) is 1.56. The van der Waals surface area contributed by atoms with Gasteiger partial charge >= 0.3 is 0 Å². The number of benzene rings is 1. The predicted octanol–water partition coefficient (Wildman–Crippen LogP) is 2.44. The van der Waals surface area contributed by atoms with Gasteiger partial charge < -0.3 is 15.0 Å². The van der Waals surface area contributed by atoms with Crippen LogP contribution in [0, 0.1) is 11.6 Å². The second-order valence-corrected chi connectivity index (χ2v) is 4.54. The van der Waals surface area contributed by atoms with Gasteiger partial charge in [0.25, 0.3) is 5.89 Å². The number of rotatable bonds is 5. The highest BCUT2D eigenvalue weighted by Gasteiger charge is 2.20. The zero-order valence-corrected chi connectivity index (χ0v) is 11.1. The van der Waals surface area contributed by atoms with Crippen LogP contribution in [0.1, 0.15) is 25.7 Å². The van der Waals surface area contributed by atoms with Crippen molar-refractivity contribution in [2.24, 2.45) is 5.73 Å². The first kappa shape index (κ1) is 14.5. The van der Waals surface area contributed by atoms with E-state index < -0.39 is 17.7 Å². The summed E-state index contributed by atoms with van der Waals surface area (Å²) in [4.78, 5) is 3.92. The van der Waals surface area contributed by atoms with E-state index in [2.05, 4.69) is 10.1 Å². The van der Waals surface area contributed by atoms with Crippen molar-refractivity contribution in [1.29, 1.82) is 0 Å². The third kappa shape index (κ3) is 3.17. The molecule has 0 fully saturated rings. The Hall–Kier alpha value is -1.86. The zero-order valence-electron chi connectivity index (χ0n) is 11.1. The second-order valence-electron chi connectivity index (χ2n) is 4.54. The van der Waals surface area contributed by atoms with Gasteiger partial charge in [0.1, 0.15) is 17.2 Å². The van der Waals surface area contributed by atoms with Crippen molar-refractivity contribution in [1.82, 2.24) is 10.1 Å². The minimum Gasteiger partial charge on any atom is -0.377 e. The Balaban J connectivity index is 2.20. The van der Waals surface area contributed by atoms with E-state index in [0.717, 1.165) is 12.1 Å². The SMILES string of the molecule is CC(C)OCC(N)c1noc(-c2c(F)cccc2F)n1. The van der Waals surface area contributed by atoms with Crippen LogP contribution in [0.4, 0.5) is 8.78 Å². The van der Waals surface area contributed by atoms with E-state index in [1.807, 2.05) is 13.8 Å². The van der Waals surface area contributed by atoms with Gasteiger partial charge in [-0.2, -0.15) is 4.98 Å². The highest BCUT2D eigenvalue weighted by molar-refractivity contribution is 5.54. The van der Waals surface area contributed by atoms with Crippen LogP contribution >= 0.6 is 0 Å². The molecule has 2 aromatic rings. The van der Waals surface area contributed by atoms with Gasteiger partial charge in [-0.1, -0.05) is 11.2 Å². The van der Waals surface area contributed by atoms with Crippen molar-refractivity contribution in [3.8, 4) is 11.5 Å². The van der Waals surface area contributed by atoms with Crippen molar-refractivity contribution < 1.29 is 18.0 Å². The highest BCUT2D eigenvalue weighted by atomic mass is 19.1. The molecule has 0 spiro atoms. The largest absolute Gasteiger partial charge is 0.377 e. The van der Waals surface area contributed by atoms with Crippen molar-refractivity contribution in [3.05, 3.63) is 35.7 Å². The molecule has 0 saturated carbocycles. The van der Waals surface area contributed by atoms with Gasteiger partial charge in [-0.25, -0.2) is 8.78 Å². The molecule has 5 nitrogen and oxygen atoms in total. The summed E-state index contributed by atoms with van der Waals surface area (Å²) >= 11 is 0. The van der Waals surface area contributed by atoms with E-state index in [1.54, 1.807) is 0 Å². The van der Waals surface area contributed by atoms with Crippen LogP contribution in [0.15, 0.2) is 22.7 Å². The molecule has 1 aromatic carbocycles. The van der Waals surface area contributed by atoms with E-state index in [-0.39, 0.29) is 30.0 Å². The summed E-state index contributed by atoms with van der Waals surface area (Å²) in [6, 6.07) is 2.87. The monoisotopic (exact) mass is 283 g/mol. The highest BCUT2D eigenvalue weighted by Crippen LogP contribution is 2.25. The fourth-order valence-electron chi connectivity index (χ4n) is 1.56. The Morgan fingerprint density at radius 1 is 1.30 bits per heavy atom. The van der Waals surface area contributed by atoms with Crippen LogP contribution in [0.2, 0.25) is 0 Å². The van der Waals surface area contributed by atoms with Crippen molar-refractivity contribution in [2.75, 3.05) is 6.61 Å². The molecule has 1 unspecified atom stereocenters. The van der Waals surface area contributed by atoms with Gasteiger partial charge in [-0.15, -0.1) is 0 Å². The summed E-state index contributed by atoms with van der Waals surface area (Å²) < 4.78 is 37.3. The minimum atomic E-state index is -0.771. The van der Waals surface area contributed by atoms with Gasteiger partial charge in [-0.05, 0) is 26.0 Å². The number of halogens is 2. The maximum atomic E-state index is 13.6. The summed E-state index contributed by atoms with van der Waals surface area (Å²) in [5, 5.41) is 3.63. The number of ether oxygens (including phenoxy) is 1. The molecular formula is C13H15F2N3O2. The number of nitrogens with two attached hydrogens (primary N) is 1. The Labute approximate surface area is 114 Å². The van der Waals surface area contributed by atoms with Gasteiger partial charge in [0, 0.05) is 0 Å². The Kier molecular flexibility index (Phi) is 4.41. The normalized spacial score (nSPS) is 12.9. The molecule has 2 rings (SSSR count). The predicted molar refractivity (Wildman–Crippen MR) is 67.7 cm³/mol. The molecule has 0 aliphatic carbocycles. The van der Waals surface area contributed by atoms with Crippen LogP contribution in [-0.2, 0) is 4.74 Å². The lowest BCUT2D eigenvalue weighted by atomic mass is 10.2. The molecule has 1 aromatic heterocycles. The van der Waals surface area contributed by atoms with E-state index in [9.17, 15) is 8.78 Å². The first-order valence-corrected chi connectivity index (χ1v) is 6.14. The van der Waals surface area contributed by atoms with Crippen LogP contribution < -0.4 is 5.73 Å². The smallest absolute Gasteiger partial charge is 0.263 e. The molecule has 1 heterocycles. The van der Waals surface area contributed by atoms with Crippen molar-refractivity contribution >= 4 is 0 Å². The first-order valence-electron chi connectivity index (χ1n) is 6.14. The van der Waals surface area contributed by atoms with Crippen LogP contribution in [-0.4, -0.2) is 22.9 Å². The summed E-state index contributed by atoms with van der Waals surface area (Å²) in [5.74, 6) is -1.64. The lowest BCUT2D eigenvalue weighted by molar-refractivity contribution is 0.0665. The molecule has 0 bridgehead atoms. The minimum absolute atomic E-state index is 0.0106. The average Bonchev–Trinajstić information content (AvgIpc) is 2.85. The van der Waals surface area contributed by atoms with E-state index in [4.69, 9.17) is 15.0 Å². The lowest BCUT2D eigenvalue weighted by Gasteiger charge is -2.10. The van der Waals surface area contributed by atoms with E-state index in [1.165, 1.54) is 6.07 Å². The Morgan fingerprint density at radius 3 is 2.55 bits per heavy atom. The maximum absolute atomic E-state index is 13.6. The van der Waals surface area contributed by atoms with E-state index >= 15 is 0 Å². The third-order valence-electron chi connectivity index (χ3n) is 2.56. The van der Waals surface area contributed by atoms with E-state index in [0.29, 0.717) is 0 Å². The third-order valence-corrected chi connectivity index (χ3v) is 2.56. The zero-order chi connectivity index (χ0) is 14.7. The number of aromatic nitrogens is 2. The Morgan fingerprint density at radius 2 is 1.95 bits per heavy atom. The van der Waals surface area contributed by atoms with Crippen molar-refractivity contribution in [3.63, 3.8) is 0 Å². The van der Waals surface area contributed by atoms with Gasteiger partial charge in [0.15, 0.2) is 5.82 Å². The molecular weight excluding hydrogens is 268 g/mol. The number of hydrogen-bond donors (Lipinski definition) is 1. The molecule has 1 atom stereocenters. The van der Waals surface area contributed by atoms with Crippen LogP contribution in [0.25, 0.3) is 11.5 Å². The second kappa shape index (κ2) is 6.06. The van der Waals surface area contributed by atoms with Crippen molar-refractivity contribution in [2.45, 2.75) is 26.0 Å². The standard InChI is InChI=1S/C13H15F2N3O2/c1-7(2)19-6-10(16)12-17-13(20-18-12)11-8(14)4-3-5-9(11)15/h3-5,7,10H,6,16H2,1-2H3. The molecule has 0 aliphatic rings. The topological polar surface area (TPSA) is 74.2 Å². The maximum Gasteiger partial charge on any atom is 0.263 e. The van der Waals surface area contributed by atoms with Gasteiger partial charge in [0.05, 0.1) is 18.8 Å². The molecule has 0 radical (unpaired) electrons. The molecule has 0 amide bonds. The molecule has 2 N–H and O–H groups in total. The molecule has 0 saturated heterocycles. The number of nitrogens with zero attached hydrogens (tertiary/aromatic N) is 2. The fraction of sp³-hybridized carbons (Fsp3) is 0.385.